The molecule has 0 radical (unpaired) electrons. The maximum absolute atomic E-state index is 11.3. The number of amides is 1. The highest BCUT2D eigenvalue weighted by molar-refractivity contribution is 5.81. The van der Waals surface area contributed by atoms with Crippen LogP contribution < -0.4 is 0 Å². The Morgan fingerprint density at radius 3 is 1.76 bits per heavy atom. The van der Waals surface area contributed by atoms with Crippen molar-refractivity contribution in [2.75, 3.05) is 14.1 Å². The molecule has 2 aliphatic rings. The monoisotopic (exact) mass is 239 g/mol. The minimum absolute atomic E-state index is 0.309. The fourth-order valence-corrected chi connectivity index (χ4v) is 2.33. The van der Waals surface area contributed by atoms with Crippen LogP contribution in [0.15, 0.2) is 0 Å². The van der Waals surface area contributed by atoms with E-state index in [1.165, 1.54) is 12.8 Å². The van der Waals surface area contributed by atoms with Crippen molar-refractivity contribution in [1.29, 1.82) is 0 Å². The summed E-state index contributed by atoms with van der Waals surface area (Å²) >= 11 is 0. The van der Waals surface area contributed by atoms with Gasteiger partial charge in [0.25, 0.3) is 0 Å². The van der Waals surface area contributed by atoms with E-state index in [-0.39, 0.29) is 0 Å². The molecule has 0 aromatic heterocycles. The normalized spacial score (nSPS) is 26.6. The van der Waals surface area contributed by atoms with Crippen LogP contribution in [0.5, 0.6) is 0 Å². The maximum atomic E-state index is 11.3. The van der Waals surface area contributed by atoms with Gasteiger partial charge in [0.05, 0.1) is 0 Å². The summed E-state index contributed by atoms with van der Waals surface area (Å²) in [6.07, 6.45) is 4.10. The van der Waals surface area contributed by atoms with Gasteiger partial charge >= 0.3 is 0 Å². The van der Waals surface area contributed by atoms with E-state index in [1.807, 2.05) is 14.1 Å². The zero-order valence-electron chi connectivity index (χ0n) is 12.4. The van der Waals surface area contributed by atoms with E-state index in [1.54, 1.807) is 4.90 Å². The highest BCUT2D eigenvalue weighted by Crippen LogP contribution is 2.44. The topological polar surface area (TPSA) is 20.3 Å². The molecule has 2 atom stereocenters. The van der Waals surface area contributed by atoms with Crippen molar-refractivity contribution in [3.05, 3.63) is 0 Å². The Kier molecular flexibility index (Phi) is 5.03. The Bertz CT molecular complexity index is 254. The third-order valence-corrected chi connectivity index (χ3v) is 4.02. The standard InChI is InChI=1S/C9H17NO.C6H12/c1-6(2)7-5-8(7)9(11)10(3)4;1-5(2)6-3-4-6/h6-8H,5H2,1-4H3;5-6H,3-4H2,1-2H3. The van der Waals surface area contributed by atoms with E-state index in [0.29, 0.717) is 23.7 Å². The van der Waals surface area contributed by atoms with Crippen molar-refractivity contribution in [1.82, 2.24) is 4.90 Å². The summed E-state index contributed by atoms with van der Waals surface area (Å²) in [4.78, 5) is 13.0. The summed E-state index contributed by atoms with van der Waals surface area (Å²) in [5.41, 5.74) is 0. The van der Waals surface area contributed by atoms with E-state index in [9.17, 15) is 4.79 Å². The highest BCUT2D eigenvalue weighted by Gasteiger charge is 2.45. The van der Waals surface area contributed by atoms with Crippen molar-refractivity contribution < 1.29 is 4.79 Å². The average molecular weight is 239 g/mol. The lowest BCUT2D eigenvalue weighted by molar-refractivity contribution is -0.130. The van der Waals surface area contributed by atoms with E-state index in [0.717, 1.165) is 18.3 Å². The number of carbonyl (C=O) groups excluding carboxylic acids is 1. The summed E-state index contributed by atoms with van der Waals surface area (Å²) in [7, 11) is 3.66. The van der Waals surface area contributed by atoms with Crippen LogP contribution in [0.1, 0.15) is 47.0 Å². The van der Waals surface area contributed by atoms with Crippen LogP contribution in [0.25, 0.3) is 0 Å². The van der Waals surface area contributed by atoms with Crippen molar-refractivity contribution in [3.8, 4) is 0 Å². The molecule has 2 nitrogen and oxygen atoms in total. The molecule has 2 saturated carbocycles. The first-order valence-electron chi connectivity index (χ1n) is 7.05. The predicted molar refractivity (Wildman–Crippen MR) is 72.7 cm³/mol. The van der Waals surface area contributed by atoms with E-state index in [2.05, 4.69) is 27.7 Å². The van der Waals surface area contributed by atoms with Crippen LogP contribution in [0.3, 0.4) is 0 Å². The van der Waals surface area contributed by atoms with Gasteiger partial charge in [0.15, 0.2) is 0 Å². The second-order valence-corrected chi connectivity index (χ2v) is 6.56. The lowest BCUT2D eigenvalue weighted by Crippen LogP contribution is -2.24. The number of rotatable bonds is 3. The molecule has 0 bridgehead atoms. The molecule has 2 aliphatic carbocycles. The van der Waals surface area contributed by atoms with E-state index in [4.69, 9.17) is 0 Å². The Labute approximate surface area is 107 Å². The van der Waals surface area contributed by atoms with Gasteiger partial charge < -0.3 is 4.90 Å². The molecular weight excluding hydrogens is 210 g/mol. The molecule has 100 valence electrons. The van der Waals surface area contributed by atoms with Gasteiger partial charge in [0.2, 0.25) is 5.91 Å². The summed E-state index contributed by atoms with van der Waals surface area (Å²) in [5, 5.41) is 0. The first-order chi connectivity index (χ1) is 7.84. The lowest BCUT2D eigenvalue weighted by Gasteiger charge is -2.10. The first-order valence-corrected chi connectivity index (χ1v) is 7.05. The molecule has 0 heterocycles. The highest BCUT2D eigenvalue weighted by atomic mass is 16.2. The third-order valence-electron chi connectivity index (χ3n) is 4.02. The minimum atomic E-state index is 0.309. The van der Waals surface area contributed by atoms with Crippen LogP contribution in [-0.4, -0.2) is 24.9 Å². The van der Waals surface area contributed by atoms with Crippen molar-refractivity contribution in [3.63, 3.8) is 0 Å². The van der Waals surface area contributed by atoms with Crippen molar-refractivity contribution in [2.45, 2.75) is 47.0 Å². The van der Waals surface area contributed by atoms with Gasteiger partial charge in [-0.05, 0) is 42.9 Å². The second kappa shape index (κ2) is 5.88. The average Bonchev–Trinajstić information content (AvgIpc) is 3.08. The molecule has 2 heteroatoms. The summed E-state index contributed by atoms with van der Waals surface area (Å²) in [6.45, 7) is 8.98. The second-order valence-electron chi connectivity index (χ2n) is 6.56. The molecule has 0 N–H and O–H groups in total. The molecule has 2 unspecified atom stereocenters. The molecule has 1 amide bonds. The Morgan fingerprint density at radius 1 is 1.06 bits per heavy atom. The fourth-order valence-electron chi connectivity index (χ4n) is 2.33. The van der Waals surface area contributed by atoms with Gasteiger partial charge in [0.1, 0.15) is 0 Å². The van der Waals surface area contributed by atoms with Crippen LogP contribution in [0, 0.1) is 29.6 Å². The number of hydrogen-bond acceptors (Lipinski definition) is 1. The summed E-state index contributed by atoms with van der Waals surface area (Å²) in [6, 6.07) is 0. The van der Waals surface area contributed by atoms with E-state index >= 15 is 0 Å². The largest absolute Gasteiger partial charge is 0.349 e. The predicted octanol–water partition coefficient (Wildman–Crippen LogP) is 3.42. The number of carbonyl (C=O) groups is 1. The molecule has 0 saturated heterocycles. The molecule has 0 aromatic carbocycles. The SMILES string of the molecule is CC(C)C1CC1.CC(C)C1CC1C(=O)N(C)C. The zero-order valence-corrected chi connectivity index (χ0v) is 12.4. The number of hydrogen-bond donors (Lipinski definition) is 0. The van der Waals surface area contributed by atoms with Crippen LogP contribution in [0.2, 0.25) is 0 Å². The molecule has 17 heavy (non-hydrogen) atoms. The lowest BCUT2D eigenvalue weighted by atomic mass is 10.1. The van der Waals surface area contributed by atoms with Gasteiger partial charge in [-0.2, -0.15) is 0 Å². The summed E-state index contributed by atoms with van der Waals surface area (Å²) in [5.74, 6) is 4.04. The van der Waals surface area contributed by atoms with Crippen LogP contribution >= 0.6 is 0 Å². The van der Waals surface area contributed by atoms with Gasteiger partial charge in [0, 0.05) is 20.0 Å². The smallest absolute Gasteiger partial charge is 0.225 e. The Hall–Kier alpha value is -0.530. The van der Waals surface area contributed by atoms with Crippen molar-refractivity contribution >= 4 is 5.91 Å². The number of nitrogens with zero attached hydrogens (tertiary/aromatic N) is 1. The molecule has 2 rings (SSSR count). The minimum Gasteiger partial charge on any atom is -0.349 e. The first kappa shape index (κ1) is 14.5. The maximum Gasteiger partial charge on any atom is 0.225 e. The molecule has 2 fully saturated rings. The van der Waals surface area contributed by atoms with Crippen LogP contribution in [-0.2, 0) is 4.79 Å². The zero-order chi connectivity index (χ0) is 13.2. The van der Waals surface area contributed by atoms with Gasteiger partial charge in [-0.15, -0.1) is 0 Å². The molecular formula is C15H29NO. The third kappa shape index (κ3) is 4.69. The molecule has 0 aromatic rings. The summed E-state index contributed by atoms with van der Waals surface area (Å²) < 4.78 is 0. The van der Waals surface area contributed by atoms with Crippen molar-refractivity contribution in [2.24, 2.45) is 29.6 Å². The quantitative estimate of drug-likeness (QED) is 0.739. The fraction of sp³-hybridized carbons (Fsp3) is 0.933. The van der Waals surface area contributed by atoms with Gasteiger partial charge in [-0.3, -0.25) is 4.79 Å². The van der Waals surface area contributed by atoms with E-state index < -0.39 is 0 Å². The molecule has 0 spiro atoms. The molecule has 0 aliphatic heterocycles. The Morgan fingerprint density at radius 2 is 1.59 bits per heavy atom. The van der Waals surface area contributed by atoms with Gasteiger partial charge in [-0.1, -0.05) is 27.7 Å². The van der Waals surface area contributed by atoms with Crippen LogP contribution in [0.4, 0.5) is 0 Å². The Balaban J connectivity index is 0.000000202. The van der Waals surface area contributed by atoms with Gasteiger partial charge in [-0.25, -0.2) is 0 Å².